The van der Waals surface area contributed by atoms with Crippen molar-refractivity contribution in [1.29, 1.82) is 0 Å². The maximum atomic E-state index is 12.3. The van der Waals surface area contributed by atoms with Crippen molar-refractivity contribution in [1.82, 2.24) is 0 Å². The van der Waals surface area contributed by atoms with E-state index in [0.717, 1.165) is 29.7 Å². The standard InChI is InChI=1S/C20H24N2O4S/c1-3-26-18-9-6-15(7-10-18)13-20(23)21-17-8-11-19-16(14-17)5-4-12-22(19)27(2,24)25/h6-11,14H,3-5,12-13H2,1-2H3,(H,21,23). The van der Waals surface area contributed by atoms with Gasteiger partial charge in [-0.2, -0.15) is 0 Å². The summed E-state index contributed by atoms with van der Waals surface area (Å²) in [5, 5.41) is 2.90. The lowest BCUT2D eigenvalue weighted by molar-refractivity contribution is -0.115. The van der Waals surface area contributed by atoms with Gasteiger partial charge in [0.25, 0.3) is 0 Å². The Bertz CT molecular complexity index is 923. The largest absolute Gasteiger partial charge is 0.494 e. The van der Waals surface area contributed by atoms with E-state index in [2.05, 4.69) is 5.32 Å². The van der Waals surface area contributed by atoms with Crippen molar-refractivity contribution in [3.8, 4) is 5.75 Å². The second-order valence-electron chi connectivity index (χ2n) is 6.58. The number of rotatable bonds is 6. The molecule has 1 amide bonds. The average molecular weight is 388 g/mol. The Morgan fingerprint density at radius 1 is 1.19 bits per heavy atom. The highest BCUT2D eigenvalue weighted by atomic mass is 32.2. The van der Waals surface area contributed by atoms with Crippen LogP contribution < -0.4 is 14.4 Å². The van der Waals surface area contributed by atoms with Gasteiger partial charge in [-0.15, -0.1) is 0 Å². The molecule has 6 nitrogen and oxygen atoms in total. The lowest BCUT2D eigenvalue weighted by Gasteiger charge is -2.29. The summed E-state index contributed by atoms with van der Waals surface area (Å²) >= 11 is 0. The van der Waals surface area contributed by atoms with E-state index in [1.165, 1.54) is 10.6 Å². The first kappa shape index (κ1) is 19.2. The predicted molar refractivity (Wildman–Crippen MR) is 107 cm³/mol. The molecule has 0 bridgehead atoms. The smallest absolute Gasteiger partial charge is 0.232 e. The van der Waals surface area contributed by atoms with Crippen LogP contribution in [0.1, 0.15) is 24.5 Å². The van der Waals surface area contributed by atoms with Gasteiger partial charge in [-0.3, -0.25) is 9.10 Å². The average Bonchev–Trinajstić information content (AvgIpc) is 2.62. The molecular formula is C20H24N2O4S. The number of sulfonamides is 1. The number of ether oxygens (including phenoxy) is 1. The number of amides is 1. The van der Waals surface area contributed by atoms with Crippen LogP contribution >= 0.6 is 0 Å². The van der Waals surface area contributed by atoms with Crippen molar-refractivity contribution < 1.29 is 17.9 Å². The second kappa shape index (κ2) is 8.00. The number of carbonyl (C=O) groups excluding carboxylic acids is 1. The fourth-order valence-corrected chi connectivity index (χ4v) is 4.24. The molecule has 0 saturated heterocycles. The molecule has 0 unspecified atom stereocenters. The van der Waals surface area contributed by atoms with E-state index in [-0.39, 0.29) is 12.3 Å². The van der Waals surface area contributed by atoms with Crippen LogP contribution in [0.5, 0.6) is 5.75 Å². The van der Waals surface area contributed by atoms with Gasteiger partial charge < -0.3 is 10.1 Å². The fraction of sp³-hybridized carbons (Fsp3) is 0.350. The monoisotopic (exact) mass is 388 g/mol. The fourth-order valence-electron chi connectivity index (χ4n) is 3.25. The van der Waals surface area contributed by atoms with Crippen LogP contribution in [-0.4, -0.2) is 33.7 Å². The highest BCUT2D eigenvalue weighted by molar-refractivity contribution is 7.92. The maximum Gasteiger partial charge on any atom is 0.232 e. The third-order valence-electron chi connectivity index (χ3n) is 4.44. The molecule has 0 fully saturated rings. The maximum absolute atomic E-state index is 12.3. The van der Waals surface area contributed by atoms with E-state index in [4.69, 9.17) is 4.74 Å². The Kier molecular flexibility index (Phi) is 5.70. The number of anilines is 2. The summed E-state index contributed by atoms with van der Waals surface area (Å²) < 4.78 is 30.7. The highest BCUT2D eigenvalue weighted by Gasteiger charge is 2.24. The molecule has 0 saturated carbocycles. The van der Waals surface area contributed by atoms with E-state index in [9.17, 15) is 13.2 Å². The normalized spacial score (nSPS) is 13.8. The lowest BCUT2D eigenvalue weighted by atomic mass is 10.0. The summed E-state index contributed by atoms with van der Waals surface area (Å²) in [7, 11) is -3.29. The highest BCUT2D eigenvalue weighted by Crippen LogP contribution is 2.31. The lowest BCUT2D eigenvalue weighted by Crippen LogP contribution is -2.34. The Labute approximate surface area is 160 Å². The first-order valence-corrected chi connectivity index (χ1v) is 10.8. The Morgan fingerprint density at radius 2 is 1.93 bits per heavy atom. The number of carbonyl (C=O) groups is 1. The van der Waals surface area contributed by atoms with Crippen molar-refractivity contribution in [2.24, 2.45) is 0 Å². The molecule has 0 aliphatic carbocycles. The molecule has 0 atom stereocenters. The van der Waals surface area contributed by atoms with Crippen molar-refractivity contribution in [2.75, 3.05) is 29.0 Å². The van der Waals surface area contributed by atoms with Gasteiger partial charge in [0.1, 0.15) is 5.75 Å². The summed E-state index contributed by atoms with van der Waals surface area (Å²) in [5.74, 6) is 0.668. The minimum Gasteiger partial charge on any atom is -0.494 e. The molecule has 2 aromatic rings. The number of benzene rings is 2. The minimum absolute atomic E-state index is 0.116. The molecule has 0 spiro atoms. The number of hydrogen-bond acceptors (Lipinski definition) is 4. The van der Waals surface area contributed by atoms with Gasteiger partial charge in [-0.1, -0.05) is 12.1 Å². The SMILES string of the molecule is CCOc1ccc(CC(=O)Nc2ccc3c(c2)CCCN3S(C)(=O)=O)cc1. The molecule has 27 heavy (non-hydrogen) atoms. The second-order valence-corrected chi connectivity index (χ2v) is 8.49. The van der Waals surface area contributed by atoms with Crippen LogP contribution in [0.25, 0.3) is 0 Å². The summed E-state index contributed by atoms with van der Waals surface area (Å²) in [5.41, 5.74) is 3.22. The van der Waals surface area contributed by atoms with Crippen LogP contribution in [0, 0.1) is 0 Å². The van der Waals surface area contributed by atoms with Crippen molar-refractivity contribution in [3.63, 3.8) is 0 Å². The predicted octanol–water partition coefficient (Wildman–Crippen LogP) is 2.98. The van der Waals surface area contributed by atoms with E-state index >= 15 is 0 Å². The zero-order valence-electron chi connectivity index (χ0n) is 15.6. The molecule has 3 rings (SSSR count). The molecule has 144 valence electrons. The van der Waals surface area contributed by atoms with Crippen LogP contribution in [0.3, 0.4) is 0 Å². The first-order valence-electron chi connectivity index (χ1n) is 8.99. The molecule has 1 N–H and O–H groups in total. The number of fused-ring (bicyclic) bond motifs is 1. The van der Waals surface area contributed by atoms with Gasteiger partial charge in [0.15, 0.2) is 0 Å². The summed E-state index contributed by atoms with van der Waals surface area (Å²) in [6, 6.07) is 12.8. The van der Waals surface area contributed by atoms with Crippen LogP contribution in [-0.2, 0) is 27.7 Å². The Balaban J connectivity index is 1.68. The molecule has 1 heterocycles. The van der Waals surface area contributed by atoms with Gasteiger partial charge in [-0.05, 0) is 61.2 Å². The van der Waals surface area contributed by atoms with Crippen molar-refractivity contribution in [3.05, 3.63) is 53.6 Å². The molecule has 2 aromatic carbocycles. The van der Waals surface area contributed by atoms with Gasteiger partial charge in [0.2, 0.25) is 15.9 Å². The molecular weight excluding hydrogens is 364 g/mol. The Hall–Kier alpha value is -2.54. The number of nitrogens with one attached hydrogen (secondary N) is 1. The van der Waals surface area contributed by atoms with E-state index in [1.54, 1.807) is 12.1 Å². The van der Waals surface area contributed by atoms with Gasteiger partial charge in [0, 0.05) is 12.2 Å². The van der Waals surface area contributed by atoms with Crippen LogP contribution in [0.2, 0.25) is 0 Å². The topological polar surface area (TPSA) is 75.7 Å². The molecule has 0 radical (unpaired) electrons. The van der Waals surface area contributed by atoms with Crippen molar-refractivity contribution >= 4 is 27.3 Å². The van der Waals surface area contributed by atoms with Crippen LogP contribution in [0.4, 0.5) is 11.4 Å². The zero-order valence-corrected chi connectivity index (χ0v) is 16.4. The minimum atomic E-state index is -3.29. The van der Waals surface area contributed by atoms with E-state index in [0.29, 0.717) is 24.5 Å². The van der Waals surface area contributed by atoms with Crippen LogP contribution in [0.15, 0.2) is 42.5 Å². The molecule has 7 heteroatoms. The molecule has 0 aromatic heterocycles. The van der Waals surface area contributed by atoms with E-state index in [1.807, 2.05) is 37.3 Å². The third-order valence-corrected chi connectivity index (χ3v) is 5.62. The first-order chi connectivity index (χ1) is 12.9. The van der Waals surface area contributed by atoms with Gasteiger partial charge >= 0.3 is 0 Å². The third kappa shape index (κ3) is 4.80. The quantitative estimate of drug-likeness (QED) is 0.825. The summed E-state index contributed by atoms with van der Waals surface area (Å²) in [6.07, 6.45) is 3.04. The number of aryl methyl sites for hydroxylation is 1. The molecule has 1 aliphatic heterocycles. The van der Waals surface area contributed by atoms with Crippen molar-refractivity contribution in [2.45, 2.75) is 26.2 Å². The summed E-state index contributed by atoms with van der Waals surface area (Å²) in [6.45, 7) is 3.03. The number of nitrogens with zero attached hydrogens (tertiary/aromatic N) is 1. The van der Waals surface area contributed by atoms with Gasteiger partial charge in [0.05, 0.1) is 25.0 Å². The zero-order chi connectivity index (χ0) is 19.4. The Morgan fingerprint density at radius 3 is 2.59 bits per heavy atom. The van der Waals surface area contributed by atoms with Gasteiger partial charge in [-0.25, -0.2) is 8.42 Å². The number of hydrogen-bond donors (Lipinski definition) is 1. The molecule has 1 aliphatic rings. The van der Waals surface area contributed by atoms with E-state index < -0.39 is 10.0 Å². The summed E-state index contributed by atoms with van der Waals surface area (Å²) in [4.78, 5) is 12.3.